The molecule has 128 valence electrons. The van der Waals surface area contributed by atoms with Crippen LogP contribution in [0.25, 0.3) is 0 Å². The normalized spacial score (nSPS) is 22.0. The van der Waals surface area contributed by atoms with Gasteiger partial charge in [-0.15, -0.1) is 0 Å². The van der Waals surface area contributed by atoms with E-state index in [0.29, 0.717) is 19.1 Å². The zero-order chi connectivity index (χ0) is 16.7. The number of amides is 1. The SMILES string of the molecule is COCCC(Cc1cccc(Br)c1)C(=O)NC1CCCC1CN. The lowest BCUT2D eigenvalue weighted by atomic mass is 9.94. The number of nitrogens with two attached hydrogens (primary N) is 1. The number of halogens is 1. The number of methoxy groups -OCH3 is 1. The van der Waals surface area contributed by atoms with E-state index in [-0.39, 0.29) is 17.9 Å². The Morgan fingerprint density at radius 2 is 2.30 bits per heavy atom. The third-order valence-electron chi connectivity index (χ3n) is 4.70. The van der Waals surface area contributed by atoms with Crippen LogP contribution in [0.4, 0.5) is 0 Å². The van der Waals surface area contributed by atoms with E-state index >= 15 is 0 Å². The molecule has 0 radical (unpaired) electrons. The van der Waals surface area contributed by atoms with Crippen molar-refractivity contribution in [1.29, 1.82) is 0 Å². The number of carbonyl (C=O) groups is 1. The Morgan fingerprint density at radius 1 is 1.48 bits per heavy atom. The summed E-state index contributed by atoms with van der Waals surface area (Å²) in [5.74, 6) is 0.489. The van der Waals surface area contributed by atoms with Crippen molar-refractivity contribution in [3.63, 3.8) is 0 Å². The van der Waals surface area contributed by atoms with Crippen LogP contribution < -0.4 is 11.1 Å². The third-order valence-corrected chi connectivity index (χ3v) is 5.20. The van der Waals surface area contributed by atoms with Crippen molar-refractivity contribution < 1.29 is 9.53 Å². The highest BCUT2D eigenvalue weighted by atomic mass is 79.9. The van der Waals surface area contributed by atoms with Crippen LogP contribution >= 0.6 is 15.9 Å². The molecule has 1 fully saturated rings. The first kappa shape index (κ1) is 18.4. The zero-order valence-corrected chi connectivity index (χ0v) is 15.3. The van der Waals surface area contributed by atoms with Crippen LogP contribution in [0, 0.1) is 11.8 Å². The predicted molar refractivity (Wildman–Crippen MR) is 96.2 cm³/mol. The van der Waals surface area contributed by atoms with Gasteiger partial charge in [-0.1, -0.05) is 34.5 Å². The van der Waals surface area contributed by atoms with Gasteiger partial charge in [0, 0.05) is 30.1 Å². The number of rotatable bonds is 8. The molecule has 0 aliphatic heterocycles. The second-order valence-electron chi connectivity index (χ2n) is 6.35. The van der Waals surface area contributed by atoms with Crippen LogP contribution in [0.1, 0.15) is 31.2 Å². The van der Waals surface area contributed by atoms with Crippen LogP contribution in [-0.2, 0) is 16.0 Å². The molecular formula is C18H27BrN2O2. The van der Waals surface area contributed by atoms with Crippen LogP contribution in [0.5, 0.6) is 0 Å². The molecule has 1 aromatic carbocycles. The quantitative estimate of drug-likeness (QED) is 0.726. The maximum absolute atomic E-state index is 12.7. The van der Waals surface area contributed by atoms with E-state index in [2.05, 4.69) is 33.4 Å². The van der Waals surface area contributed by atoms with E-state index in [1.165, 1.54) is 0 Å². The summed E-state index contributed by atoms with van der Waals surface area (Å²) in [6.45, 7) is 1.25. The van der Waals surface area contributed by atoms with Gasteiger partial charge in [0.15, 0.2) is 0 Å². The molecule has 5 heteroatoms. The average Bonchev–Trinajstić information content (AvgIpc) is 2.98. The predicted octanol–water partition coefficient (Wildman–Crippen LogP) is 2.89. The molecule has 4 nitrogen and oxygen atoms in total. The Labute approximate surface area is 147 Å². The van der Waals surface area contributed by atoms with E-state index in [0.717, 1.165) is 42.1 Å². The Balaban J connectivity index is 2.00. The summed E-state index contributed by atoms with van der Waals surface area (Å²) >= 11 is 3.49. The molecule has 0 heterocycles. The molecule has 2 rings (SSSR count). The molecule has 1 aliphatic rings. The van der Waals surface area contributed by atoms with Crippen LogP contribution in [0.15, 0.2) is 28.7 Å². The molecule has 3 N–H and O–H groups in total. The number of nitrogens with one attached hydrogen (secondary N) is 1. The maximum Gasteiger partial charge on any atom is 0.223 e. The number of hydrogen-bond donors (Lipinski definition) is 2. The van der Waals surface area contributed by atoms with Crippen LogP contribution in [0.2, 0.25) is 0 Å². The molecule has 0 bridgehead atoms. The van der Waals surface area contributed by atoms with E-state index in [9.17, 15) is 4.79 Å². The van der Waals surface area contributed by atoms with Crippen LogP contribution in [-0.4, -0.2) is 32.2 Å². The Kier molecular flexibility index (Phi) is 7.53. The lowest BCUT2D eigenvalue weighted by Crippen LogP contribution is -2.43. The van der Waals surface area contributed by atoms with E-state index in [1.54, 1.807) is 7.11 Å². The van der Waals surface area contributed by atoms with Gasteiger partial charge in [-0.3, -0.25) is 4.79 Å². The first-order chi connectivity index (χ1) is 11.1. The Hall–Kier alpha value is -0.910. The summed E-state index contributed by atoms with van der Waals surface area (Å²) in [5.41, 5.74) is 6.98. The maximum atomic E-state index is 12.7. The fourth-order valence-corrected chi connectivity index (χ4v) is 3.79. The first-order valence-corrected chi connectivity index (χ1v) is 9.17. The van der Waals surface area contributed by atoms with Gasteiger partial charge in [0.1, 0.15) is 0 Å². The topological polar surface area (TPSA) is 64.3 Å². The molecule has 0 aromatic heterocycles. The molecule has 1 saturated carbocycles. The third kappa shape index (κ3) is 5.59. The van der Waals surface area contributed by atoms with Gasteiger partial charge in [0.25, 0.3) is 0 Å². The van der Waals surface area contributed by atoms with Gasteiger partial charge >= 0.3 is 0 Å². The average molecular weight is 383 g/mol. The molecule has 3 atom stereocenters. The summed E-state index contributed by atoms with van der Waals surface area (Å²) in [7, 11) is 1.68. The smallest absolute Gasteiger partial charge is 0.223 e. The van der Waals surface area contributed by atoms with Gasteiger partial charge in [-0.2, -0.15) is 0 Å². The van der Waals surface area contributed by atoms with Crippen molar-refractivity contribution in [3.8, 4) is 0 Å². The van der Waals surface area contributed by atoms with Crippen molar-refractivity contribution in [2.24, 2.45) is 17.6 Å². The summed E-state index contributed by atoms with van der Waals surface area (Å²) in [4.78, 5) is 12.7. The van der Waals surface area contributed by atoms with Crippen molar-refractivity contribution >= 4 is 21.8 Å². The van der Waals surface area contributed by atoms with E-state index < -0.39 is 0 Å². The van der Waals surface area contributed by atoms with Gasteiger partial charge < -0.3 is 15.8 Å². The van der Waals surface area contributed by atoms with Gasteiger partial charge in [0.2, 0.25) is 5.91 Å². The van der Waals surface area contributed by atoms with E-state index in [1.807, 2.05) is 12.1 Å². The number of carbonyl (C=O) groups excluding carboxylic acids is 1. The largest absolute Gasteiger partial charge is 0.385 e. The second-order valence-corrected chi connectivity index (χ2v) is 7.27. The Bertz CT molecular complexity index is 510. The van der Waals surface area contributed by atoms with Crippen molar-refractivity contribution in [2.75, 3.05) is 20.3 Å². The fraction of sp³-hybridized carbons (Fsp3) is 0.611. The summed E-state index contributed by atoms with van der Waals surface area (Å²) < 4.78 is 6.23. The standard InChI is InChI=1S/C18H27BrN2O2/c1-23-9-8-14(10-13-4-2-6-16(19)11-13)18(22)21-17-7-3-5-15(17)12-20/h2,4,6,11,14-15,17H,3,5,7-10,12,20H2,1H3,(H,21,22). The second kappa shape index (κ2) is 9.40. The molecule has 1 aliphatic carbocycles. The highest BCUT2D eigenvalue weighted by Crippen LogP contribution is 2.25. The van der Waals surface area contributed by atoms with Gasteiger partial charge in [-0.25, -0.2) is 0 Å². The van der Waals surface area contributed by atoms with Crippen LogP contribution in [0.3, 0.4) is 0 Å². The Morgan fingerprint density at radius 3 is 3.00 bits per heavy atom. The molecule has 1 aromatic rings. The van der Waals surface area contributed by atoms with E-state index in [4.69, 9.17) is 10.5 Å². The zero-order valence-electron chi connectivity index (χ0n) is 13.8. The lowest BCUT2D eigenvalue weighted by Gasteiger charge is -2.23. The van der Waals surface area contributed by atoms with Crippen molar-refractivity contribution in [3.05, 3.63) is 34.3 Å². The molecule has 1 amide bonds. The number of hydrogen-bond acceptors (Lipinski definition) is 3. The minimum Gasteiger partial charge on any atom is -0.385 e. The molecular weight excluding hydrogens is 356 g/mol. The lowest BCUT2D eigenvalue weighted by molar-refractivity contribution is -0.126. The molecule has 23 heavy (non-hydrogen) atoms. The van der Waals surface area contributed by atoms with Crippen molar-refractivity contribution in [2.45, 2.75) is 38.1 Å². The fourth-order valence-electron chi connectivity index (χ4n) is 3.34. The minimum absolute atomic E-state index is 0.0664. The molecule has 0 spiro atoms. The van der Waals surface area contributed by atoms with Crippen molar-refractivity contribution in [1.82, 2.24) is 5.32 Å². The molecule has 3 unspecified atom stereocenters. The number of benzene rings is 1. The molecule has 0 saturated heterocycles. The van der Waals surface area contributed by atoms with Gasteiger partial charge in [-0.05, 0) is 55.8 Å². The summed E-state index contributed by atoms with van der Waals surface area (Å²) in [5, 5.41) is 3.24. The minimum atomic E-state index is -0.0664. The highest BCUT2D eigenvalue weighted by Gasteiger charge is 2.29. The summed E-state index contributed by atoms with van der Waals surface area (Å²) in [6, 6.07) is 8.38. The van der Waals surface area contributed by atoms with Gasteiger partial charge in [0.05, 0.1) is 0 Å². The monoisotopic (exact) mass is 382 g/mol. The summed E-state index contributed by atoms with van der Waals surface area (Å²) in [6.07, 6.45) is 4.78. The number of ether oxygens (including phenoxy) is 1. The first-order valence-electron chi connectivity index (χ1n) is 8.38. The highest BCUT2D eigenvalue weighted by molar-refractivity contribution is 9.10.